The predicted molar refractivity (Wildman–Crippen MR) is 121 cm³/mol. The molecule has 0 N–H and O–H groups in total. The smallest absolute Gasteiger partial charge is 0.251 e. The fourth-order valence-corrected chi connectivity index (χ4v) is 4.80. The molecule has 29 heavy (non-hydrogen) atoms. The van der Waals surface area contributed by atoms with Crippen LogP contribution in [-0.4, -0.2) is 4.57 Å². The first-order chi connectivity index (χ1) is 14.2. The summed E-state index contributed by atoms with van der Waals surface area (Å²) in [6.45, 7) is 2.81. The summed E-state index contributed by atoms with van der Waals surface area (Å²) in [7, 11) is 0. The van der Waals surface area contributed by atoms with E-state index in [1.54, 1.807) is 0 Å². The fraction of sp³-hybridized carbons (Fsp3) is 0.222. The first kappa shape index (κ1) is 17.9. The zero-order valence-electron chi connectivity index (χ0n) is 16.8. The van der Waals surface area contributed by atoms with Crippen molar-refractivity contribution < 1.29 is 0 Å². The van der Waals surface area contributed by atoms with Crippen LogP contribution in [0.5, 0.6) is 0 Å². The maximum Gasteiger partial charge on any atom is 0.251 e. The Morgan fingerprint density at radius 2 is 1.62 bits per heavy atom. The SMILES string of the molecule is Cc1ccc2ccccc2c1-c1cc(=O)n(Cc2ccccc2)c2c1CCCC2. The second-order valence-corrected chi connectivity index (χ2v) is 8.08. The third-order valence-corrected chi connectivity index (χ3v) is 6.21. The van der Waals surface area contributed by atoms with Crippen LogP contribution in [0.4, 0.5) is 0 Å². The quantitative estimate of drug-likeness (QED) is 0.434. The molecule has 0 atom stereocenters. The summed E-state index contributed by atoms with van der Waals surface area (Å²) in [5.74, 6) is 0. The van der Waals surface area contributed by atoms with Crippen LogP contribution in [0.3, 0.4) is 0 Å². The minimum Gasteiger partial charge on any atom is -0.308 e. The number of hydrogen-bond donors (Lipinski definition) is 0. The van der Waals surface area contributed by atoms with Crippen molar-refractivity contribution in [3.05, 3.63) is 106 Å². The molecule has 0 unspecified atom stereocenters. The highest BCUT2D eigenvalue weighted by Gasteiger charge is 2.21. The third-order valence-electron chi connectivity index (χ3n) is 6.21. The lowest BCUT2D eigenvalue weighted by molar-refractivity contribution is 0.603. The van der Waals surface area contributed by atoms with Crippen LogP contribution < -0.4 is 5.56 Å². The van der Waals surface area contributed by atoms with Crippen LogP contribution in [0.1, 0.15) is 35.2 Å². The number of hydrogen-bond acceptors (Lipinski definition) is 1. The maximum atomic E-state index is 13.3. The highest BCUT2D eigenvalue weighted by molar-refractivity contribution is 5.99. The van der Waals surface area contributed by atoms with Crippen molar-refractivity contribution in [2.75, 3.05) is 0 Å². The molecule has 1 heterocycles. The van der Waals surface area contributed by atoms with E-state index in [0.717, 1.165) is 24.8 Å². The van der Waals surface area contributed by atoms with Gasteiger partial charge in [0.15, 0.2) is 0 Å². The number of fused-ring (bicyclic) bond motifs is 2. The van der Waals surface area contributed by atoms with Crippen molar-refractivity contribution in [3.63, 3.8) is 0 Å². The van der Waals surface area contributed by atoms with E-state index in [4.69, 9.17) is 0 Å². The zero-order valence-corrected chi connectivity index (χ0v) is 16.8. The normalized spacial score (nSPS) is 13.4. The molecule has 144 valence electrons. The standard InChI is InChI=1S/C27H25NO/c1-19-15-16-21-11-5-6-12-22(21)27(19)24-17-26(29)28(18-20-9-3-2-4-10-20)25-14-8-7-13-23(24)25/h2-6,9-12,15-17H,7-8,13-14,18H2,1H3. The first-order valence-corrected chi connectivity index (χ1v) is 10.5. The van der Waals surface area contributed by atoms with Gasteiger partial charge < -0.3 is 4.57 Å². The first-order valence-electron chi connectivity index (χ1n) is 10.5. The third kappa shape index (κ3) is 3.19. The summed E-state index contributed by atoms with van der Waals surface area (Å²) in [5, 5.41) is 2.46. The van der Waals surface area contributed by atoms with Crippen molar-refractivity contribution in [1.82, 2.24) is 4.57 Å². The number of aromatic nitrogens is 1. The van der Waals surface area contributed by atoms with Crippen LogP contribution in [0.15, 0.2) is 77.6 Å². The lowest BCUT2D eigenvalue weighted by Crippen LogP contribution is -2.27. The van der Waals surface area contributed by atoms with E-state index in [0.29, 0.717) is 6.54 Å². The van der Waals surface area contributed by atoms with Gasteiger partial charge in [-0.3, -0.25) is 4.79 Å². The van der Waals surface area contributed by atoms with Gasteiger partial charge in [-0.05, 0) is 71.2 Å². The lowest BCUT2D eigenvalue weighted by atomic mass is 9.85. The van der Waals surface area contributed by atoms with Crippen LogP contribution in [-0.2, 0) is 19.4 Å². The van der Waals surface area contributed by atoms with Crippen LogP contribution >= 0.6 is 0 Å². The molecular formula is C27H25NO. The molecule has 0 saturated carbocycles. The molecule has 0 aliphatic heterocycles. The Hall–Kier alpha value is -3.13. The van der Waals surface area contributed by atoms with Crippen molar-refractivity contribution in [2.45, 2.75) is 39.2 Å². The minimum atomic E-state index is 0.108. The van der Waals surface area contributed by atoms with E-state index < -0.39 is 0 Å². The Morgan fingerprint density at radius 1 is 0.862 bits per heavy atom. The van der Waals surface area contributed by atoms with E-state index in [1.165, 1.54) is 45.1 Å². The fourth-order valence-electron chi connectivity index (χ4n) is 4.80. The molecule has 1 aliphatic rings. The Bertz CT molecular complexity index is 1250. The monoisotopic (exact) mass is 379 g/mol. The molecular weight excluding hydrogens is 354 g/mol. The van der Waals surface area contributed by atoms with E-state index in [2.05, 4.69) is 55.5 Å². The summed E-state index contributed by atoms with van der Waals surface area (Å²) >= 11 is 0. The Morgan fingerprint density at radius 3 is 2.48 bits per heavy atom. The minimum absolute atomic E-state index is 0.108. The molecule has 2 nitrogen and oxygen atoms in total. The van der Waals surface area contributed by atoms with Gasteiger partial charge in [0.05, 0.1) is 6.54 Å². The van der Waals surface area contributed by atoms with Crippen molar-refractivity contribution in [1.29, 1.82) is 0 Å². The molecule has 0 fully saturated rings. The predicted octanol–water partition coefficient (Wildman–Crippen LogP) is 5.90. The molecule has 0 radical (unpaired) electrons. The van der Waals surface area contributed by atoms with Gasteiger partial charge in [-0.2, -0.15) is 0 Å². The highest BCUT2D eigenvalue weighted by atomic mass is 16.1. The summed E-state index contributed by atoms with van der Waals surface area (Å²) in [5.41, 5.74) is 7.49. The van der Waals surface area contributed by atoms with Crippen LogP contribution in [0.25, 0.3) is 21.9 Å². The number of pyridine rings is 1. The Kier molecular flexibility index (Phi) is 4.55. The highest BCUT2D eigenvalue weighted by Crippen LogP contribution is 2.37. The maximum absolute atomic E-state index is 13.3. The zero-order chi connectivity index (χ0) is 19.8. The van der Waals surface area contributed by atoms with Gasteiger partial charge in [0.25, 0.3) is 5.56 Å². The molecule has 0 amide bonds. The van der Waals surface area contributed by atoms with Gasteiger partial charge in [-0.25, -0.2) is 0 Å². The van der Waals surface area contributed by atoms with Gasteiger partial charge >= 0.3 is 0 Å². The Balaban J connectivity index is 1.75. The second-order valence-electron chi connectivity index (χ2n) is 8.08. The van der Waals surface area contributed by atoms with Gasteiger partial charge in [-0.15, -0.1) is 0 Å². The molecule has 5 rings (SSSR count). The average molecular weight is 380 g/mol. The molecule has 0 saturated heterocycles. The molecule has 4 aromatic rings. The summed E-state index contributed by atoms with van der Waals surface area (Å²) in [6, 6.07) is 25.1. The molecule has 1 aromatic heterocycles. The number of aryl methyl sites for hydroxylation is 1. The Labute approximate surface area is 171 Å². The van der Waals surface area contributed by atoms with E-state index in [-0.39, 0.29) is 5.56 Å². The summed E-state index contributed by atoms with van der Waals surface area (Å²) in [6.07, 6.45) is 4.37. The largest absolute Gasteiger partial charge is 0.308 e. The molecule has 1 aliphatic carbocycles. The van der Waals surface area contributed by atoms with E-state index in [9.17, 15) is 4.79 Å². The van der Waals surface area contributed by atoms with Gasteiger partial charge in [0.2, 0.25) is 0 Å². The lowest BCUT2D eigenvalue weighted by Gasteiger charge is -2.25. The number of benzene rings is 3. The molecule has 0 spiro atoms. The second kappa shape index (κ2) is 7.36. The molecule has 3 aromatic carbocycles. The van der Waals surface area contributed by atoms with E-state index in [1.807, 2.05) is 28.8 Å². The average Bonchev–Trinajstić information content (AvgIpc) is 2.76. The topological polar surface area (TPSA) is 22.0 Å². The molecule has 2 heteroatoms. The van der Waals surface area contributed by atoms with E-state index >= 15 is 0 Å². The summed E-state index contributed by atoms with van der Waals surface area (Å²) < 4.78 is 2.01. The summed E-state index contributed by atoms with van der Waals surface area (Å²) in [4.78, 5) is 13.3. The van der Waals surface area contributed by atoms with Crippen molar-refractivity contribution in [3.8, 4) is 11.1 Å². The van der Waals surface area contributed by atoms with Crippen LogP contribution in [0, 0.1) is 6.92 Å². The number of nitrogens with zero attached hydrogens (tertiary/aromatic N) is 1. The van der Waals surface area contributed by atoms with Gasteiger partial charge in [-0.1, -0.05) is 66.7 Å². The van der Waals surface area contributed by atoms with Crippen molar-refractivity contribution in [2.24, 2.45) is 0 Å². The number of rotatable bonds is 3. The van der Waals surface area contributed by atoms with Crippen LogP contribution in [0.2, 0.25) is 0 Å². The van der Waals surface area contributed by atoms with Crippen molar-refractivity contribution >= 4 is 10.8 Å². The molecule has 0 bridgehead atoms. The van der Waals surface area contributed by atoms with Gasteiger partial charge in [0.1, 0.15) is 0 Å². The van der Waals surface area contributed by atoms with Gasteiger partial charge in [0, 0.05) is 11.8 Å².